The van der Waals surface area contributed by atoms with Gasteiger partial charge in [0, 0.05) is 30.4 Å². The van der Waals surface area contributed by atoms with Gasteiger partial charge in [0.25, 0.3) is 0 Å². The van der Waals surface area contributed by atoms with Gasteiger partial charge in [-0.1, -0.05) is 12.1 Å². The van der Waals surface area contributed by atoms with Gasteiger partial charge in [-0.3, -0.25) is 5.32 Å². The standard InChI is InChI=1S/C16H21N3O2S/c1-16(2,3)21-15(20)19-13-6-4-12(5-7-13)10-17-11-14-18-8-9-22-14/h4-9,17H,10-11H2,1-3H3,(H,19,20). The van der Waals surface area contributed by atoms with Gasteiger partial charge in [-0.2, -0.15) is 0 Å². The minimum Gasteiger partial charge on any atom is -0.444 e. The number of rotatable bonds is 5. The minimum atomic E-state index is -0.496. The lowest BCUT2D eigenvalue weighted by molar-refractivity contribution is 0.0636. The van der Waals surface area contributed by atoms with Gasteiger partial charge in [0.05, 0.1) is 0 Å². The summed E-state index contributed by atoms with van der Waals surface area (Å²) >= 11 is 1.64. The van der Waals surface area contributed by atoms with Crippen LogP contribution in [0.1, 0.15) is 31.3 Å². The monoisotopic (exact) mass is 319 g/mol. The fourth-order valence-electron chi connectivity index (χ4n) is 1.78. The summed E-state index contributed by atoms with van der Waals surface area (Å²) < 4.78 is 5.21. The van der Waals surface area contributed by atoms with Crippen molar-refractivity contribution >= 4 is 23.1 Å². The maximum Gasteiger partial charge on any atom is 0.412 e. The van der Waals surface area contributed by atoms with Crippen LogP contribution >= 0.6 is 11.3 Å². The lowest BCUT2D eigenvalue weighted by Gasteiger charge is -2.19. The number of ether oxygens (including phenoxy) is 1. The molecule has 2 aromatic rings. The van der Waals surface area contributed by atoms with E-state index in [1.165, 1.54) is 0 Å². The number of anilines is 1. The Morgan fingerprint density at radius 1 is 1.23 bits per heavy atom. The van der Waals surface area contributed by atoms with E-state index in [1.54, 1.807) is 17.5 Å². The minimum absolute atomic E-state index is 0.442. The van der Waals surface area contributed by atoms with E-state index in [0.29, 0.717) is 0 Å². The van der Waals surface area contributed by atoms with Crippen LogP contribution in [-0.4, -0.2) is 16.7 Å². The number of carbonyl (C=O) groups excluding carboxylic acids is 1. The van der Waals surface area contributed by atoms with E-state index in [9.17, 15) is 4.79 Å². The van der Waals surface area contributed by atoms with E-state index in [1.807, 2.05) is 50.4 Å². The Hall–Kier alpha value is -1.92. The fourth-order valence-corrected chi connectivity index (χ4v) is 2.37. The van der Waals surface area contributed by atoms with Crippen molar-refractivity contribution in [3.63, 3.8) is 0 Å². The van der Waals surface area contributed by atoms with E-state index >= 15 is 0 Å². The second-order valence-electron chi connectivity index (χ2n) is 5.85. The number of carbonyl (C=O) groups is 1. The highest BCUT2D eigenvalue weighted by molar-refractivity contribution is 7.09. The van der Waals surface area contributed by atoms with Gasteiger partial charge >= 0.3 is 6.09 Å². The summed E-state index contributed by atoms with van der Waals surface area (Å²) in [6, 6.07) is 7.68. The number of hydrogen-bond acceptors (Lipinski definition) is 5. The summed E-state index contributed by atoms with van der Waals surface area (Å²) in [6.07, 6.45) is 1.36. The first-order valence-electron chi connectivity index (χ1n) is 7.10. The molecule has 0 saturated carbocycles. The van der Waals surface area contributed by atoms with Crippen LogP contribution in [0, 0.1) is 0 Å². The van der Waals surface area contributed by atoms with Gasteiger partial charge in [0.15, 0.2) is 0 Å². The Labute approximate surface area is 134 Å². The highest BCUT2D eigenvalue weighted by Crippen LogP contribution is 2.13. The SMILES string of the molecule is CC(C)(C)OC(=O)Nc1ccc(CNCc2nccs2)cc1. The molecule has 0 aliphatic rings. The Morgan fingerprint density at radius 3 is 2.55 bits per heavy atom. The van der Waals surface area contributed by atoms with Crippen LogP contribution in [-0.2, 0) is 17.8 Å². The maximum absolute atomic E-state index is 11.7. The highest BCUT2D eigenvalue weighted by Gasteiger charge is 2.15. The van der Waals surface area contributed by atoms with Gasteiger partial charge in [0.1, 0.15) is 10.6 Å². The maximum atomic E-state index is 11.7. The van der Waals surface area contributed by atoms with Crippen LogP contribution in [0.2, 0.25) is 0 Å². The fraction of sp³-hybridized carbons (Fsp3) is 0.375. The molecule has 1 aromatic heterocycles. The molecule has 0 bridgehead atoms. The van der Waals surface area contributed by atoms with Crippen LogP contribution in [0.15, 0.2) is 35.8 Å². The molecule has 6 heteroatoms. The zero-order valence-corrected chi connectivity index (χ0v) is 13.9. The molecule has 0 fully saturated rings. The molecule has 1 heterocycles. The molecule has 118 valence electrons. The molecule has 0 aliphatic carbocycles. The van der Waals surface area contributed by atoms with Crippen molar-refractivity contribution in [1.82, 2.24) is 10.3 Å². The topological polar surface area (TPSA) is 63.2 Å². The summed E-state index contributed by atoms with van der Waals surface area (Å²) in [6.45, 7) is 7.03. The second-order valence-corrected chi connectivity index (χ2v) is 6.83. The number of thiazole rings is 1. The highest BCUT2D eigenvalue weighted by atomic mass is 32.1. The normalized spacial score (nSPS) is 11.2. The first-order valence-corrected chi connectivity index (χ1v) is 7.98. The Balaban J connectivity index is 1.78. The Kier molecular flexibility index (Phi) is 5.51. The number of hydrogen-bond donors (Lipinski definition) is 2. The number of benzene rings is 1. The summed E-state index contributed by atoms with van der Waals surface area (Å²) in [5.41, 5.74) is 1.37. The number of nitrogens with one attached hydrogen (secondary N) is 2. The lowest BCUT2D eigenvalue weighted by Crippen LogP contribution is -2.27. The smallest absolute Gasteiger partial charge is 0.412 e. The quantitative estimate of drug-likeness (QED) is 0.880. The van der Waals surface area contributed by atoms with E-state index in [-0.39, 0.29) is 0 Å². The summed E-state index contributed by atoms with van der Waals surface area (Å²) in [7, 11) is 0. The first kappa shape index (κ1) is 16.5. The zero-order valence-electron chi connectivity index (χ0n) is 13.1. The molecular formula is C16H21N3O2S. The van der Waals surface area contributed by atoms with Gasteiger partial charge in [-0.15, -0.1) is 11.3 Å². The van der Waals surface area contributed by atoms with E-state index < -0.39 is 11.7 Å². The number of aromatic nitrogens is 1. The molecule has 0 spiro atoms. The van der Waals surface area contributed by atoms with Crippen molar-refractivity contribution < 1.29 is 9.53 Å². The predicted molar refractivity (Wildman–Crippen MR) is 89.0 cm³/mol. The third-order valence-corrected chi connectivity index (χ3v) is 3.47. The van der Waals surface area contributed by atoms with Crippen molar-refractivity contribution in [3.8, 4) is 0 Å². The second kappa shape index (κ2) is 7.38. The van der Waals surface area contributed by atoms with Crippen molar-refractivity contribution in [2.75, 3.05) is 5.32 Å². The molecule has 1 amide bonds. The molecule has 0 radical (unpaired) electrons. The van der Waals surface area contributed by atoms with Crippen LogP contribution in [0.5, 0.6) is 0 Å². The van der Waals surface area contributed by atoms with Crippen molar-refractivity contribution in [3.05, 3.63) is 46.4 Å². The third-order valence-electron chi connectivity index (χ3n) is 2.69. The predicted octanol–water partition coefficient (Wildman–Crippen LogP) is 3.78. The van der Waals surface area contributed by atoms with Crippen molar-refractivity contribution in [2.45, 2.75) is 39.5 Å². The van der Waals surface area contributed by atoms with Gasteiger partial charge in [0.2, 0.25) is 0 Å². The largest absolute Gasteiger partial charge is 0.444 e. The molecule has 2 N–H and O–H groups in total. The molecule has 22 heavy (non-hydrogen) atoms. The Morgan fingerprint density at radius 2 is 1.95 bits per heavy atom. The molecule has 2 rings (SSSR count). The average molecular weight is 319 g/mol. The molecule has 0 unspecified atom stereocenters. The molecular weight excluding hydrogens is 298 g/mol. The first-order chi connectivity index (χ1) is 10.4. The van der Waals surface area contributed by atoms with Crippen LogP contribution in [0.4, 0.5) is 10.5 Å². The molecule has 5 nitrogen and oxygen atoms in total. The number of nitrogens with zero attached hydrogens (tertiary/aromatic N) is 1. The summed E-state index contributed by atoms with van der Waals surface area (Å²) in [5.74, 6) is 0. The molecule has 0 aliphatic heterocycles. The lowest BCUT2D eigenvalue weighted by atomic mass is 10.2. The summed E-state index contributed by atoms with van der Waals surface area (Å²) in [4.78, 5) is 15.9. The van der Waals surface area contributed by atoms with E-state index in [2.05, 4.69) is 15.6 Å². The average Bonchev–Trinajstić information content (AvgIpc) is 2.92. The Bertz CT molecular complexity index is 589. The van der Waals surface area contributed by atoms with Gasteiger partial charge in [-0.05, 0) is 38.5 Å². The van der Waals surface area contributed by atoms with Gasteiger partial charge < -0.3 is 10.1 Å². The van der Waals surface area contributed by atoms with Crippen LogP contribution in [0.3, 0.4) is 0 Å². The zero-order chi connectivity index (χ0) is 16.0. The third kappa shape index (κ3) is 5.83. The molecule has 1 aromatic carbocycles. The van der Waals surface area contributed by atoms with Crippen molar-refractivity contribution in [2.24, 2.45) is 0 Å². The van der Waals surface area contributed by atoms with Gasteiger partial charge in [-0.25, -0.2) is 9.78 Å². The van der Waals surface area contributed by atoms with Crippen molar-refractivity contribution in [1.29, 1.82) is 0 Å². The summed E-state index contributed by atoms with van der Waals surface area (Å²) in [5, 5.41) is 9.08. The van der Waals surface area contributed by atoms with E-state index in [0.717, 1.165) is 29.3 Å². The van der Waals surface area contributed by atoms with Crippen LogP contribution < -0.4 is 10.6 Å². The van der Waals surface area contributed by atoms with Crippen LogP contribution in [0.25, 0.3) is 0 Å². The number of amides is 1. The van der Waals surface area contributed by atoms with E-state index in [4.69, 9.17) is 4.74 Å². The molecule has 0 atom stereocenters. The molecule has 0 saturated heterocycles.